The molecule has 0 spiro atoms. The van der Waals surface area contributed by atoms with Crippen LogP contribution in [0, 0.1) is 12.8 Å². The van der Waals surface area contributed by atoms with Crippen molar-refractivity contribution in [2.45, 2.75) is 32.2 Å². The van der Waals surface area contributed by atoms with E-state index < -0.39 is 5.97 Å². The van der Waals surface area contributed by atoms with Gasteiger partial charge in [0, 0.05) is 17.9 Å². The summed E-state index contributed by atoms with van der Waals surface area (Å²) in [5, 5.41) is 11.9. The Morgan fingerprint density at radius 3 is 3.00 bits per heavy atom. The fraction of sp³-hybridized carbons (Fsp3) is 0.545. The highest BCUT2D eigenvalue weighted by Gasteiger charge is 2.33. The number of nitrogens with one attached hydrogen (secondary N) is 1. The Labute approximate surface area is 93.9 Å². The van der Waals surface area contributed by atoms with Gasteiger partial charge in [-0.15, -0.1) is 0 Å². The highest BCUT2D eigenvalue weighted by Crippen LogP contribution is 2.35. The van der Waals surface area contributed by atoms with Gasteiger partial charge in [-0.1, -0.05) is 0 Å². The second-order valence-electron chi connectivity index (χ2n) is 4.21. The average molecular weight is 221 g/mol. The highest BCUT2D eigenvalue weighted by atomic mass is 16.4. The number of aryl methyl sites for hydroxylation is 1. The Morgan fingerprint density at radius 2 is 2.44 bits per heavy atom. The summed E-state index contributed by atoms with van der Waals surface area (Å²) in [7, 11) is 0. The monoisotopic (exact) mass is 221 g/mol. The van der Waals surface area contributed by atoms with E-state index in [4.69, 9.17) is 5.11 Å². The van der Waals surface area contributed by atoms with Crippen LogP contribution in [0.1, 0.15) is 25.0 Å². The van der Waals surface area contributed by atoms with Gasteiger partial charge in [-0.2, -0.15) is 0 Å². The van der Waals surface area contributed by atoms with Gasteiger partial charge in [0.2, 0.25) is 5.95 Å². The van der Waals surface area contributed by atoms with Crippen molar-refractivity contribution in [3.05, 3.63) is 18.0 Å². The number of carboxylic acids is 1. The molecule has 0 saturated heterocycles. The first kappa shape index (κ1) is 10.9. The maximum atomic E-state index is 10.7. The third kappa shape index (κ3) is 2.92. The molecule has 0 amide bonds. The molecule has 0 bridgehead atoms. The molecule has 2 rings (SSSR count). The van der Waals surface area contributed by atoms with E-state index in [1.54, 1.807) is 6.20 Å². The van der Waals surface area contributed by atoms with Crippen LogP contribution in [0.4, 0.5) is 5.95 Å². The summed E-state index contributed by atoms with van der Waals surface area (Å²) in [6.45, 7) is 1.89. The van der Waals surface area contributed by atoms with Crippen LogP contribution < -0.4 is 5.32 Å². The van der Waals surface area contributed by atoms with Crippen LogP contribution in [0.25, 0.3) is 0 Å². The Bertz CT molecular complexity index is 391. The number of anilines is 1. The van der Waals surface area contributed by atoms with E-state index in [2.05, 4.69) is 15.3 Å². The second kappa shape index (κ2) is 4.47. The summed E-state index contributed by atoms with van der Waals surface area (Å²) in [4.78, 5) is 19.0. The molecule has 2 N–H and O–H groups in total. The summed E-state index contributed by atoms with van der Waals surface area (Å²) in [6.07, 6.45) is 3.99. The molecule has 1 saturated carbocycles. The first-order chi connectivity index (χ1) is 7.65. The molecule has 86 valence electrons. The molecule has 5 heteroatoms. The fourth-order valence-electron chi connectivity index (χ4n) is 1.71. The molecule has 0 radical (unpaired) electrons. The molecule has 1 aliphatic rings. The minimum absolute atomic E-state index is 0.0423. The molecule has 1 aromatic rings. The Morgan fingerprint density at radius 1 is 1.69 bits per heavy atom. The van der Waals surface area contributed by atoms with E-state index in [-0.39, 0.29) is 12.5 Å². The Balaban J connectivity index is 2.02. The highest BCUT2D eigenvalue weighted by molar-refractivity contribution is 5.68. The number of carbonyl (C=O) groups is 1. The molecule has 1 unspecified atom stereocenters. The van der Waals surface area contributed by atoms with E-state index in [0.717, 1.165) is 18.5 Å². The van der Waals surface area contributed by atoms with Gasteiger partial charge in [0.25, 0.3) is 0 Å². The largest absolute Gasteiger partial charge is 0.481 e. The van der Waals surface area contributed by atoms with Gasteiger partial charge >= 0.3 is 5.97 Å². The van der Waals surface area contributed by atoms with Crippen LogP contribution in [-0.4, -0.2) is 27.1 Å². The molecule has 1 atom stereocenters. The predicted molar refractivity (Wildman–Crippen MR) is 59.2 cm³/mol. The number of aromatic nitrogens is 2. The third-order valence-electron chi connectivity index (χ3n) is 2.69. The molecule has 1 heterocycles. The third-order valence-corrected chi connectivity index (χ3v) is 2.69. The summed E-state index contributed by atoms with van der Waals surface area (Å²) in [6, 6.07) is 1.77. The zero-order valence-electron chi connectivity index (χ0n) is 9.18. The van der Waals surface area contributed by atoms with E-state index in [1.165, 1.54) is 0 Å². The lowest BCUT2D eigenvalue weighted by Crippen LogP contribution is -2.26. The zero-order valence-corrected chi connectivity index (χ0v) is 9.18. The van der Waals surface area contributed by atoms with E-state index in [0.29, 0.717) is 11.9 Å². The predicted octanol–water partition coefficient (Wildman–Crippen LogP) is 1.45. The molecule has 16 heavy (non-hydrogen) atoms. The van der Waals surface area contributed by atoms with Crippen molar-refractivity contribution in [1.29, 1.82) is 0 Å². The van der Waals surface area contributed by atoms with E-state index >= 15 is 0 Å². The number of carboxylic acid groups (broad SMARTS) is 1. The minimum Gasteiger partial charge on any atom is -0.481 e. The van der Waals surface area contributed by atoms with Gasteiger partial charge in [-0.3, -0.25) is 4.79 Å². The van der Waals surface area contributed by atoms with Gasteiger partial charge in [-0.25, -0.2) is 9.97 Å². The summed E-state index contributed by atoms with van der Waals surface area (Å²) >= 11 is 0. The molecule has 1 aliphatic carbocycles. The normalized spacial score (nSPS) is 16.8. The van der Waals surface area contributed by atoms with Crippen LogP contribution in [0.15, 0.2) is 12.3 Å². The standard InChI is InChI=1S/C11H15N3O2/c1-7-4-5-12-11(13-7)14-9(6-10(15)16)8-2-3-8/h4-5,8-9H,2-3,6H2,1H3,(H,15,16)(H,12,13,14). The number of hydrogen-bond donors (Lipinski definition) is 2. The topological polar surface area (TPSA) is 75.1 Å². The Kier molecular flexibility index (Phi) is 3.03. The van der Waals surface area contributed by atoms with E-state index in [1.807, 2.05) is 13.0 Å². The van der Waals surface area contributed by atoms with Crippen LogP contribution in [-0.2, 0) is 4.79 Å². The van der Waals surface area contributed by atoms with Crippen molar-refractivity contribution in [3.8, 4) is 0 Å². The second-order valence-corrected chi connectivity index (χ2v) is 4.21. The zero-order chi connectivity index (χ0) is 11.5. The fourth-order valence-corrected chi connectivity index (χ4v) is 1.71. The van der Waals surface area contributed by atoms with Crippen molar-refractivity contribution in [2.24, 2.45) is 5.92 Å². The van der Waals surface area contributed by atoms with Crippen molar-refractivity contribution in [2.75, 3.05) is 5.32 Å². The Hall–Kier alpha value is -1.65. The molecule has 5 nitrogen and oxygen atoms in total. The summed E-state index contributed by atoms with van der Waals surface area (Å²) in [5.74, 6) is 0.204. The van der Waals surface area contributed by atoms with Crippen molar-refractivity contribution in [1.82, 2.24) is 9.97 Å². The smallest absolute Gasteiger partial charge is 0.305 e. The number of aliphatic carboxylic acids is 1. The SMILES string of the molecule is Cc1ccnc(NC(CC(=O)O)C2CC2)n1. The van der Waals surface area contributed by atoms with Crippen molar-refractivity contribution >= 4 is 11.9 Å². The number of rotatable bonds is 5. The lowest BCUT2D eigenvalue weighted by atomic mass is 10.1. The molecule has 0 aliphatic heterocycles. The van der Waals surface area contributed by atoms with Gasteiger partial charge in [-0.05, 0) is 31.7 Å². The first-order valence-corrected chi connectivity index (χ1v) is 5.43. The molecule has 0 aromatic carbocycles. The van der Waals surface area contributed by atoms with Crippen molar-refractivity contribution in [3.63, 3.8) is 0 Å². The van der Waals surface area contributed by atoms with Gasteiger partial charge in [0.15, 0.2) is 0 Å². The average Bonchev–Trinajstić information content (AvgIpc) is 2.99. The molecular formula is C11H15N3O2. The maximum Gasteiger partial charge on any atom is 0.305 e. The number of nitrogens with zero attached hydrogens (tertiary/aromatic N) is 2. The van der Waals surface area contributed by atoms with Crippen LogP contribution in [0.2, 0.25) is 0 Å². The van der Waals surface area contributed by atoms with Crippen LogP contribution in [0.3, 0.4) is 0 Å². The minimum atomic E-state index is -0.781. The van der Waals surface area contributed by atoms with E-state index in [9.17, 15) is 4.79 Å². The van der Waals surface area contributed by atoms with Gasteiger partial charge < -0.3 is 10.4 Å². The van der Waals surface area contributed by atoms with Crippen LogP contribution in [0.5, 0.6) is 0 Å². The molecule has 1 aromatic heterocycles. The van der Waals surface area contributed by atoms with Crippen LogP contribution >= 0.6 is 0 Å². The quantitative estimate of drug-likeness (QED) is 0.787. The van der Waals surface area contributed by atoms with Gasteiger partial charge in [0.1, 0.15) is 0 Å². The number of hydrogen-bond acceptors (Lipinski definition) is 4. The summed E-state index contributed by atoms with van der Waals surface area (Å²) in [5.41, 5.74) is 0.877. The molecular weight excluding hydrogens is 206 g/mol. The maximum absolute atomic E-state index is 10.7. The lowest BCUT2D eigenvalue weighted by molar-refractivity contribution is -0.137. The van der Waals surface area contributed by atoms with Gasteiger partial charge in [0.05, 0.1) is 6.42 Å². The summed E-state index contributed by atoms with van der Waals surface area (Å²) < 4.78 is 0. The lowest BCUT2D eigenvalue weighted by Gasteiger charge is -2.15. The van der Waals surface area contributed by atoms with Crippen molar-refractivity contribution < 1.29 is 9.90 Å². The molecule has 1 fully saturated rings. The first-order valence-electron chi connectivity index (χ1n) is 5.43.